The zero-order chi connectivity index (χ0) is 12.3. The predicted molar refractivity (Wildman–Crippen MR) is 68.2 cm³/mol. The Morgan fingerprint density at radius 1 is 1.11 bits per heavy atom. The summed E-state index contributed by atoms with van der Waals surface area (Å²) in [6.07, 6.45) is 9.20. The van der Waals surface area contributed by atoms with Gasteiger partial charge in [0, 0.05) is 19.1 Å². The molecule has 3 aliphatic carbocycles. The Kier molecular flexibility index (Phi) is 2.33. The number of hydrogen-bond donors (Lipinski definition) is 1. The fourth-order valence-electron chi connectivity index (χ4n) is 5.60. The van der Waals surface area contributed by atoms with Crippen LogP contribution in [0.5, 0.6) is 0 Å². The molecule has 1 aliphatic heterocycles. The highest BCUT2D eigenvalue weighted by molar-refractivity contribution is 5.72. The summed E-state index contributed by atoms with van der Waals surface area (Å²) < 4.78 is 0. The Morgan fingerprint density at radius 3 is 2.44 bits per heavy atom. The lowest BCUT2D eigenvalue weighted by molar-refractivity contribution is -0.150. The van der Waals surface area contributed by atoms with E-state index in [0.717, 1.165) is 6.42 Å². The molecule has 1 saturated heterocycles. The van der Waals surface area contributed by atoms with Crippen molar-refractivity contribution in [3.63, 3.8) is 0 Å². The molecule has 0 radical (unpaired) electrons. The number of carboxylic acids is 1. The molecule has 4 unspecified atom stereocenters. The van der Waals surface area contributed by atoms with Crippen molar-refractivity contribution in [3.8, 4) is 0 Å². The van der Waals surface area contributed by atoms with E-state index in [1.807, 2.05) is 0 Å². The van der Waals surface area contributed by atoms with E-state index in [-0.39, 0.29) is 5.92 Å². The van der Waals surface area contributed by atoms with Crippen molar-refractivity contribution in [2.75, 3.05) is 13.1 Å². The van der Waals surface area contributed by atoms with Crippen LogP contribution >= 0.6 is 0 Å². The molecule has 1 heterocycles. The molecular formula is C15H23NO2. The van der Waals surface area contributed by atoms with Gasteiger partial charge in [-0.05, 0) is 49.4 Å². The topological polar surface area (TPSA) is 40.5 Å². The van der Waals surface area contributed by atoms with Gasteiger partial charge in [0.2, 0.25) is 0 Å². The molecule has 1 N–H and O–H groups in total. The molecular weight excluding hydrogens is 226 g/mol. The minimum atomic E-state index is -0.528. The van der Waals surface area contributed by atoms with Crippen molar-refractivity contribution < 1.29 is 9.90 Å². The van der Waals surface area contributed by atoms with Gasteiger partial charge in [0.05, 0.1) is 5.92 Å². The first-order valence-corrected chi connectivity index (χ1v) is 7.65. The Balaban J connectivity index is 1.49. The maximum Gasteiger partial charge on any atom is 0.308 e. The average molecular weight is 249 g/mol. The van der Waals surface area contributed by atoms with Gasteiger partial charge >= 0.3 is 5.97 Å². The van der Waals surface area contributed by atoms with Crippen LogP contribution in [-0.2, 0) is 4.79 Å². The zero-order valence-electron chi connectivity index (χ0n) is 11.0. The molecule has 0 aromatic heterocycles. The second-order valence-electron chi connectivity index (χ2n) is 7.30. The molecule has 18 heavy (non-hydrogen) atoms. The van der Waals surface area contributed by atoms with Gasteiger partial charge in [-0.2, -0.15) is 0 Å². The number of likely N-dealkylation sites (tertiary alicyclic amines) is 1. The third kappa shape index (κ3) is 1.43. The van der Waals surface area contributed by atoms with Gasteiger partial charge in [-0.25, -0.2) is 0 Å². The van der Waals surface area contributed by atoms with Gasteiger partial charge in [0.15, 0.2) is 0 Å². The summed E-state index contributed by atoms with van der Waals surface area (Å²) in [6, 6.07) is 0.382. The normalized spacial score (nSPS) is 45.6. The number of nitrogens with zero attached hydrogens (tertiary/aromatic N) is 1. The standard InChI is InChI=1S/C15H23NO2/c17-14(18)12-10-3-4-11(7-10)13(12)16-8-15(9-16)5-1-2-6-15/h10-13H,1-9H2,(H,17,18). The van der Waals surface area contributed by atoms with E-state index in [1.165, 1.54) is 51.6 Å². The van der Waals surface area contributed by atoms with Crippen LogP contribution in [0.3, 0.4) is 0 Å². The smallest absolute Gasteiger partial charge is 0.308 e. The third-order valence-corrected chi connectivity index (χ3v) is 6.32. The Morgan fingerprint density at radius 2 is 1.78 bits per heavy atom. The number of hydrogen-bond acceptors (Lipinski definition) is 2. The van der Waals surface area contributed by atoms with Crippen LogP contribution in [0.25, 0.3) is 0 Å². The molecule has 2 bridgehead atoms. The second-order valence-corrected chi connectivity index (χ2v) is 7.30. The highest BCUT2D eigenvalue weighted by Gasteiger charge is 2.57. The van der Waals surface area contributed by atoms with Crippen LogP contribution < -0.4 is 0 Å². The van der Waals surface area contributed by atoms with E-state index in [2.05, 4.69) is 4.90 Å². The molecule has 0 amide bonds. The number of fused-ring (bicyclic) bond motifs is 2. The van der Waals surface area contributed by atoms with Gasteiger partial charge in [-0.15, -0.1) is 0 Å². The summed E-state index contributed by atoms with van der Waals surface area (Å²) in [5, 5.41) is 9.50. The molecule has 3 heteroatoms. The summed E-state index contributed by atoms with van der Waals surface area (Å²) in [7, 11) is 0. The Bertz CT molecular complexity index is 367. The van der Waals surface area contributed by atoms with Crippen molar-refractivity contribution >= 4 is 5.97 Å². The first-order chi connectivity index (χ1) is 8.69. The predicted octanol–water partition coefficient (Wildman–Crippen LogP) is 2.36. The monoisotopic (exact) mass is 249 g/mol. The van der Waals surface area contributed by atoms with E-state index < -0.39 is 5.97 Å². The lowest BCUT2D eigenvalue weighted by Gasteiger charge is -2.54. The zero-order valence-corrected chi connectivity index (χ0v) is 11.0. The van der Waals surface area contributed by atoms with Crippen molar-refractivity contribution in [1.29, 1.82) is 0 Å². The van der Waals surface area contributed by atoms with Crippen molar-refractivity contribution in [2.24, 2.45) is 23.2 Å². The van der Waals surface area contributed by atoms with Gasteiger partial charge < -0.3 is 5.11 Å². The average Bonchev–Trinajstić information content (AvgIpc) is 3.00. The highest BCUT2D eigenvalue weighted by Crippen LogP contribution is 2.55. The van der Waals surface area contributed by atoms with Gasteiger partial charge in [0.25, 0.3) is 0 Å². The fourth-order valence-corrected chi connectivity index (χ4v) is 5.60. The van der Waals surface area contributed by atoms with E-state index in [1.54, 1.807) is 0 Å². The number of aliphatic carboxylic acids is 1. The van der Waals surface area contributed by atoms with Crippen LogP contribution in [0.15, 0.2) is 0 Å². The molecule has 100 valence electrons. The van der Waals surface area contributed by atoms with Crippen molar-refractivity contribution in [3.05, 3.63) is 0 Å². The van der Waals surface area contributed by atoms with Crippen LogP contribution in [0.1, 0.15) is 44.9 Å². The van der Waals surface area contributed by atoms with Gasteiger partial charge in [0.1, 0.15) is 0 Å². The molecule has 0 aromatic rings. The third-order valence-electron chi connectivity index (χ3n) is 6.32. The summed E-state index contributed by atoms with van der Waals surface area (Å²) in [4.78, 5) is 14.1. The summed E-state index contributed by atoms with van der Waals surface area (Å²) in [6.45, 7) is 2.40. The fraction of sp³-hybridized carbons (Fsp3) is 0.933. The van der Waals surface area contributed by atoms with E-state index in [0.29, 0.717) is 23.3 Å². The van der Waals surface area contributed by atoms with Gasteiger partial charge in [-0.1, -0.05) is 12.8 Å². The number of rotatable bonds is 2. The maximum atomic E-state index is 11.5. The van der Waals surface area contributed by atoms with Crippen LogP contribution in [-0.4, -0.2) is 35.1 Å². The summed E-state index contributed by atoms with van der Waals surface area (Å²) >= 11 is 0. The maximum absolute atomic E-state index is 11.5. The first-order valence-electron chi connectivity index (χ1n) is 7.65. The lowest BCUT2D eigenvalue weighted by Crippen LogP contribution is -2.62. The van der Waals surface area contributed by atoms with Crippen molar-refractivity contribution in [1.82, 2.24) is 4.90 Å². The Hall–Kier alpha value is -0.570. The molecule has 3 saturated carbocycles. The first kappa shape index (κ1) is 11.3. The lowest BCUT2D eigenvalue weighted by atomic mass is 9.73. The SMILES string of the molecule is O=C(O)C1C2CCC(C2)C1N1CC2(CCCC2)C1. The minimum absolute atomic E-state index is 0.0532. The number of carbonyl (C=O) groups is 1. The summed E-state index contributed by atoms with van der Waals surface area (Å²) in [5.74, 6) is 0.592. The summed E-state index contributed by atoms with van der Waals surface area (Å²) in [5.41, 5.74) is 0.602. The molecule has 4 rings (SSSR count). The molecule has 4 aliphatic rings. The van der Waals surface area contributed by atoms with Crippen LogP contribution in [0.2, 0.25) is 0 Å². The van der Waals surface area contributed by atoms with E-state index in [9.17, 15) is 9.90 Å². The molecule has 4 atom stereocenters. The largest absolute Gasteiger partial charge is 0.481 e. The Labute approximate surface area is 109 Å². The minimum Gasteiger partial charge on any atom is -0.481 e. The molecule has 0 aromatic carbocycles. The quantitative estimate of drug-likeness (QED) is 0.816. The highest BCUT2D eigenvalue weighted by atomic mass is 16.4. The van der Waals surface area contributed by atoms with Crippen LogP contribution in [0, 0.1) is 23.2 Å². The van der Waals surface area contributed by atoms with E-state index in [4.69, 9.17) is 0 Å². The van der Waals surface area contributed by atoms with Crippen molar-refractivity contribution in [2.45, 2.75) is 51.0 Å². The van der Waals surface area contributed by atoms with Crippen LogP contribution in [0.4, 0.5) is 0 Å². The number of carboxylic acid groups (broad SMARTS) is 1. The molecule has 3 nitrogen and oxygen atoms in total. The molecule has 1 spiro atoms. The second kappa shape index (κ2) is 3.72. The van der Waals surface area contributed by atoms with Gasteiger partial charge in [-0.3, -0.25) is 9.69 Å². The molecule has 4 fully saturated rings. The van der Waals surface area contributed by atoms with E-state index >= 15 is 0 Å².